The molecule has 0 amide bonds. The van der Waals surface area contributed by atoms with Crippen LogP contribution in [0.4, 0.5) is 0 Å². The summed E-state index contributed by atoms with van der Waals surface area (Å²) in [6, 6.07) is 1.52. The third-order valence-electron chi connectivity index (χ3n) is 1.69. The van der Waals surface area contributed by atoms with Gasteiger partial charge >= 0.3 is 0 Å². The monoisotopic (exact) mass is 180 g/mol. The van der Waals surface area contributed by atoms with E-state index < -0.39 is 0 Å². The number of nitrogens with one attached hydrogen (secondary N) is 1. The van der Waals surface area contributed by atoms with Crippen molar-refractivity contribution in [3.05, 3.63) is 27.7 Å². The molecule has 13 heavy (non-hydrogen) atoms. The molecule has 0 aliphatic heterocycles. The molecule has 1 rings (SSSR count). The van der Waals surface area contributed by atoms with E-state index in [0.29, 0.717) is 12.2 Å². The average Bonchev–Trinajstić information content (AvgIpc) is 2.08. The Morgan fingerprint density at radius 1 is 1.77 bits per heavy atom. The van der Waals surface area contributed by atoms with Gasteiger partial charge in [-0.2, -0.15) is 5.10 Å². The first-order valence-corrected chi connectivity index (χ1v) is 3.99. The van der Waals surface area contributed by atoms with Crippen LogP contribution in [-0.4, -0.2) is 15.6 Å². The van der Waals surface area contributed by atoms with Crippen LogP contribution in [0, 0.1) is 12.3 Å². The predicted octanol–water partition coefficient (Wildman–Crippen LogP) is -0.144. The molecule has 0 aliphatic rings. The van der Waals surface area contributed by atoms with Gasteiger partial charge in [0, 0.05) is 6.54 Å². The highest BCUT2D eigenvalue weighted by atomic mass is 16.1. The van der Waals surface area contributed by atoms with E-state index in [1.165, 1.54) is 10.7 Å². The first kappa shape index (κ1) is 9.44. The Kier molecular flexibility index (Phi) is 2.46. The highest BCUT2D eigenvalue weighted by molar-refractivity contribution is 5.94. The van der Waals surface area contributed by atoms with E-state index in [1.807, 2.05) is 6.92 Å². The van der Waals surface area contributed by atoms with Gasteiger partial charge in [0.25, 0.3) is 5.56 Å². The minimum atomic E-state index is -0.305. The SMILES string of the molecule is CCn1nc(C)cc(C(=N)N)c1=O. The van der Waals surface area contributed by atoms with Gasteiger partial charge in [-0.1, -0.05) is 0 Å². The molecule has 0 aliphatic carbocycles. The molecule has 5 nitrogen and oxygen atoms in total. The van der Waals surface area contributed by atoms with E-state index in [0.717, 1.165) is 0 Å². The van der Waals surface area contributed by atoms with Crippen molar-refractivity contribution in [1.29, 1.82) is 5.41 Å². The Balaban J connectivity index is 3.45. The molecule has 0 unspecified atom stereocenters. The van der Waals surface area contributed by atoms with Crippen LogP contribution < -0.4 is 11.3 Å². The number of aryl methyl sites for hydroxylation is 2. The van der Waals surface area contributed by atoms with E-state index >= 15 is 0 Å². The normalized spacial score (nSPS) is 10.0. The molecule has 1 aromatic rings. The molecule has 0 radical (unpaired) electrons. The second-order valence-electron chi connectivity index (χ2n) is 2.73. The van der Waals surface area contributed by atoms with E-state index in [-0.39, 0.29) is 17.0 Å². The Morgan fingerprint density at radius 2 is 2.38 bits per heavy atom. The molecule has 1 aromatic heterocycles. The molecule has 0 fully saturated rings. The maximum Gasteiger partial charge on any atom is 0.277 e. The van der Waals surface area contributed by atoms with Crippen LogP contribution >= 0.6 is 0 Å². The number of aromatic nitrogens is 2. The third-order valence-corrected chi connectivity index (χ3v) is 1.69. The summed E-state index contributed by atoms with van der Waals surface area (Å²) in [5, 5.41) is 11.2. The number of nitrogens with two attached hydrogens (primary N) is 1. The predicted molar refractivity (Wildman–Crippen MR) is 49.9 cm³/mol. The fraction of sp³-hybridized carbons (Fsp3) is 0.375. The molecule has 0 aromatic carbocycles. The molecule has 5 heteroatoms. The van der Waals surface area contributed by atoms with Crippen molar-refractivity contribution in [2.24, 2.45) is 5.73 Å². The Hall–Kier alpha value is -1.65. The lowest BCUT2D eigenvalue weighted by Gasteiger charge is -2.04. The summed E-state index contributed by atoms with van der Waals surface area (Å²) in [5.41, 5.74) is 5.85. The van der Waals surface area contributed by atoms with Gasteiger partial charge in [-0.3, -0.25) is 10.2 Å². The summed E-state index contributed by atoms with van der Waals surface area (Å²) in [6.07, 6.45) is 0. The molecule has 0 bridgehead atoms. The lowest BCUT2D eigenvalue weighted by molar-refractivity contribution is 0.604. The molecule has 0 saturated heterocycles. The zero-order valence-electron chi connectivity index (χ0n) is 7.66. The Morgan fingerprint density at radius 3 is 2.85 bits per heavy atom. The maximum atomic E-state index is 11.5. The van der Waals surface area contributed by atoms with Crippen LogP contribution in [0.15, 0.2) is 10.9 Å². The van der Waals surface area contributed by atoms with Crippen LogP contribution in [0.25, 0.3) is 0 Å². The van der Waals surface area contributed by atoms with Crippen molar-refractivity contribution >= 4 is 5.84 Å². The zero-order chi connectivity index (χ0) is 10.0. The van der Waals surface area contributed by atoms with Crippen molar-refractivity contribution in [1.82, 2.24) is 9.78 Å². The van der Waals surface area contributed by atoms with Crippen molar-refractivity contribution in [3.63, 3.8) is 0 Å². The highest BCUT2D eigenvalue weighted by Crippen LogP contribution is 1.93. The number of amidine groups is 1. The third kappa shape index (κ3) is 1.74. The minimum absolute atomic E-state index is 0.210. The van der Waals surface area contributed by atoms with Gasteiger partial charge in [-0.25, -0.2) is 4.68 Å². The summed E-state index contributed by atoms with van der Waals surface area (Å²) < 4.78 is 1.30. The van der Waals surface area contributed by atoms with Crippen LogP contribution in [0.1, 0.15) is 18.2 Å². The molecular weight excluding hydrogens is 168 g/mol. The first-order valence-electron chi connectivity index (χ1n) is 3.99. The first-order chi connectivity index (χ1) is 6.06. The van der Waals surface area contributed by atoms with Crippen molar-refractivity contribution in [3.8, 4) is 0 Å². The maximum absolute atomic E-state index is 11.5. The lowest BCUT2D eigenvalue weighted by Crippen LogP contribution is -2.31. The van der Waals surface area contributed by atoms with E-state index in [9.17, 15) is 4.79 Å². The number of nitrogen functional groups attached to an aromatic ring is 1. The molecule has 1 heterocycles. The summed E-state index contributed by atoms with van der Waals surface area (Å²) in [7, 11) is 0. The largest absolute Gasteiger partial charge is 0.384 e. The van der Waals surface area contributed by atoms with Crippen LogP contribution in [0.2, 0.25) is 0 Å². The van der Waals surface area contributed by atoms with E-state index in [1.54, 1.807) is 6.92 Å². The fourth-order valence-corrected chi connectivity index (χ4v) is 1.08. The van der Waals surface area contributed by atoms with Gasteiger partial charge in [-0.05, 0) is 19.9 Å². The van der Waals surface area contributed by atoms with Crippen molar-refractivity contribution in [2.45, 2.75) is 20.4 Å². The molecule has 3 N–H and O–H groups in total. The second-order valence-corrected chi connectivity index (χ2v) is 2.73. The van der Waals surface area contributed by atoms with Crippen LogP contribution in [-0.2, 0) is 6.54 Å². The van der Waals surface area contributed by atoms with Crippen molar-refractivity contribution in [2.75, 3.05) is 0 Å². The number of hydrogen-bond acceptors (Lipinski definition) is 3. The number of nitrogens with zero attached hydrogens (tertiary/aromatic N) is 2. The molecule has 70 valence electrons. The molecule has 0 spiro atoms. The van der Waals surface area contributed by atoms with E-state index in [2.05, 4.69) is 5.10 Å². The second kappa shape index (κ2) is 3.38. The Labute approximate surface area is 75.7 Å². The van der Waals surface area contributed by atoms with Crippen LogP contribution in [0.5, 0.6) is 0 Å². The number of hydrogen-bond donors (Lipinski definition) is 2. The lowest BCUT2D eigenvalue weighted by atomic mass is 10.2. The zero-order valence-corrected chi connectivity index (χ0v) is 7.66. The smallest absolute Gasteiger partial charge is 0.277 e. The van der Waals surface area contributed by atoms with Crippen LogP contribution in [0.3, 0.4) is 0 Å². The van der Waals surface area contributed by atoms with Gasteiger partial charge in [0.15, 0.2) is 0 Å². The highest BCUT2D eigenvalue weighted by Gasteiger charge is 2.07. The fourth-order valence-electron chi connectivity index (χ4n) is 1.08. The molecule has 0 atom stereocenters. The Bertz CT molecular complexity index is 394. The van der Waals surface area contributed by atoms with Gasteiger partial charge in [-0.15, -0.1) is 0 Å². The summed E-state index contributed by atoms with van der Waals surface area (Å²) in [4.78, 5) is 11.5. The average molecular weight is 180 g/mol. The van der Waals surface area contributed by atoms with Crippen molar-refractivity contribution < 1.29 is 0 Å². The molecule has 0 saturated carbocycles. The summed E-state index contributed by atoms with van der Waals surface area (Å²) >= 11 is 0. The minimum Gasteiger partial charge on any atom is -0.384 e. The topological polar surface area (TPSA) is 84.8 Å². The quantitative estimate of drug-likeness (QED) is 0.490. The van der Waals surface area contributed by atoms with Gasteiger partial charge < -0.3 is 5.73 Å². The van der Waals surface area contributed by atoms with E-state index in [4.69, 9.17) is 11.1 Å². The number of rotatable bonds is 2. The standard InChI is InChI=1S/C8H12N4O/c1-3-12-8(13)6(7(9)10)4-5(2)11-12/h4H,3H2,1-2H3,(H3,9,10). The van der Waals surface area contributed by atoms with Gasteiger partial charge in [0.05, 0.1) is 11.3 Å². The van der Waals surface area contributed by atoms with Gasteiger partial charge in [0.1, 0.15) is 5.84 Å². The molecular formula is C8H12N4O. The summed E-state index contributed by atoms with van der Waals surface area (Å²) in [5.74, 6) is -0.210. The van der Waals surface area contributed by atoms with Gasteiger partial charge in [0.2, 0.25) is 0 Å². The summed E-state index contributed by atoms with van der Waals surface area (Å²) in [6.45, 7) is 4.07.